The smallest absolute Gasteiger partial charge is 0.0705 e. The number of aryl methyl sites for hydroxylation is 1. The molecular weight excluding hydrogens is 220 g/mol. The zero-order valence-corrected chi connectivity index (χ0v) is 11.7. The Kier molecular flexibility index (Phi) is 3.40. The Morgan fingerprint density at radius 2 is 2.00 bits per heavy atom. The predicted molar refractivity (Wildman–Crippen MR) is 77.5 cm³/mol. The Balaban J connectivity index is 2.50. The Morgan fingerprint density at radius 3 is 2.67 bits per heavy atom. The SMILES string of the molecule is CCC(C)C(C)(N)c1ccc2nc(C)ccc2c1. The monoisotopic (exact) mass is 242 g/mol. The molecule has 96 valence electrons. The molecule has 0 spiro atoms. The van der Waals surface area contributed by atoms with Crippen LogP contribution in [0.25, 0.3) is 10.9 Å². The number of nitrogens with two attached hydrogens (primary N) is 1. The Hall–Kier alpha value is -1.41. The van der Waals surface area contributed by atoms with Gasteiger partial charge in [0.1, 0.15) is 0 Å². The van der Waals surface area contributed by atoms with Crippen molar-refractivity contribution in [2.45, 2.75) is 39.7 Å². The first-order valence-electron chi connectivity index (χ1n) is 6.62. The van der Waals surface area contributed by atoms with E-state index in [1.165, 1.54) is 5.56 Å². The van der Waals surface area contributed by atoms with E-state index in [0.29, 0.717) is 5.92 Å². The number of hydrogen-bond donors (Lipinski definition) is 1. The topological polar surface area (TPSA) is 38.9 Å². The summed E-state index contributed by atoms with van der Waals surface area (Å²) in [5, 5.41) is 1.16. The van der Waals surface area contributed by atoms with Crippen molar-refractivity contribution in [2.24, 2.45) is 11.7 Å². The van der Waals surface area contributed by atoms with Crippen LogP contribution in [0.2, 0.25) is 0 Å². The lowest BCUT2D eigenvalue weighted by molar-refractivity contribution is 0.316. The molecule has 2 aromatic rings. The minimum Gasteiger partial charge on any atom is -0.321 e. The van der Waals surface area contributed by atoms with E-state index in [2.05, 4.69) is 50.0 Å². The van der Waals surface area contributed by atoms with Crippen LogP contribution in [-0.2, 0) is 5.54 Å². The van der Waals surface area contributed by atoms with E-state index in [0.717, 1.165) is 23.0 Å². The maximum Gasteiger partial charge on any atom is 0.0705 e. The van der Waals surface area contributed by atoms with Crippen LogP contribution in [-0.4, -0.2) is 4.98 Å². The van der Waals surface area contributed by atoms with E-state index in [1.807, 2.05) is 13.0 Å². The summed E-state index contributed by atoms with van der Waals surface area (Å²) in [5.74, 6) is 0.452. The molecule has 2 rings (SSSR count). The van der Waals surface area contributed by atoms with Crippen LogP contribution in [0.1, 0.15) is 38.4 Å². The number of benzene rings is 1. The lowest BCUT2D eigenvalue weighted by Crippen LogP contribution is -2.39. The molecule has 1 aromatic carbocycles. The number of aromatic nitrogens is 1. The third kappa shape index (κ3) is 2.25. The van der Waals surface area contributed by atoms with Crippen molar-refractivity contribution in [3.63, 3.8) is 0 Å². The number of fused-ring (bicyclic) bond motifs is 1. The van der Waals surface area contributed by atoms with Crippen LogP contribution >= 0.6 is 0 Å². The molecule has 0 saturated carbocycles. The molecule has 0 amide bonds. The molecule has 0 aliphatic rings. The van der Waals surface area contributed by atoms with Crippen molar-refractivity contribution >= 4 is 10.9 Å². The van der Waals surface area contributed by atoms with Crippen LogP contribution in [0.5, 0.6) is 0 Å². The standard InChI is InChI=1S/C16H22N2/c1-5-11(2)16(4,17)14-8-9-15-13(10-14)7-6-12(3)18-15/h6-11H,5,17H2,1-4H3. The summed E-state index contributed by atoms with van der Waals surface area (Å²) >= 11 is 0. The van der Waals surface area contributed by atoms with Gasteiger partial charge in [-0.15, -0.1) is 0 Å². The minimum absolute atomic E-state index is 0.284. The maximum absolute atomic E-state index is 6.49. The molecule has 2 nitrogen and oxygen atoms in total. The Labute approximate surface area is 109 Å². The van der Waals surface area contributed by atoms with Crippen LogP contribution in [0.4, 0.5) is 0 Å². The molecule has 0 saturated heterocycles. The second-order valence-corrected chi connectivity index (χ2v) is 5.45. The summed E-state index contributed by atoms with van der Waals surface area (Å²) in [4.78, 5) is 4.52. The molecule has 0 fully saturated rings. The average Bonchev–Trinajstić information content (AvgIpc) is 2.36. The van der Waals surface area contributed by atoms with E-state index in [1.54, 1.807) is 0 Å². The highest BCUT2D eigenvalue weighted by molar-refractivity contribution is 5.79. The number of rotatable bonds is 3. The second kappa shape index (κ2) is 4.69. The van der Waals surface area contributed by atoms with Gasteiger partial charge in [0.05, 0.1) is 5.52 Å². The molecule has 0 aliphatic carbocycles. The summed E-state index contributed by atoms with van der Waals surface area (Å²) in [7, 11) is 0. The highest BCUT2D eigenvalue weighted by Crippen LogP contribution is 2.30. The van der Waals surface area contributed by atoms with E-state index in [-0.39, 0.29) is 5.54 Å². The minimum atomic E-state index is -0.284. The molecule has 2 N–H and O–H groups in total. The van der Waals surface area contributed by atoms with E-state index in [9.17, 15) is 0 Å². The molecule has 2 heteroatoms. The summed E-state index contributed by atoms with van der Waals surface area (Å²) in [6.45, 7) is 8.52. The van der Waals surface area contributed by atoms with Gasteiger partial charge >= 0.3 is 0 Å². The molecule has 0 radical (unpaired) electrons. The fourth-order valence-corrected chi connectivity index (χ4v) is 2.27. The molecule has 0 aliphatic heterocycles. The largest absolute Gasteiger partial charge is 0.321 e. The normalized spacial score (nSPS) is 16.5. The summed E-state index contributed by atoms with van der Waals surface area (Å²) in [6.07, 6.45) is 1.08. The van der Waals surface area contributed by atoms with Crippen LogP contribution in [0.15, 0.2) is 30.3 Å². The number of pyridine rings is 1. The highest BCUT2D eigenvalue weighted by atomic mass is 14.7. The lowest BCUT2D eigenvalue weighted by atomic mass is 9.80. The Morgan fingerprint density at radius 1 is 1.28 bits per heavy atom. The van der Waals surface area contributed by atoms with Gasteiger partial charge in [-0.25, -0.2) is 0 Å². The first-order valence-corrected chi connectivity index (χ1v) is 6.62. The van der Waals surface area contributed by atoms with E-state index >= 15 is 0 Å². The van der Waals surface area contributed by atoms with Crippen LogP contribution in [0, 0.1) is 12.8 Å². The predicted octanol–water partition coefficient (Wildman–Crippen LogP) is 3.76. The summed E-state index contributed by atoms with van der Waals surface area (Å²) < 4.78 is 0. The van der Waals surface area contributed by atoms with Gasteiger partial charge in [0.2, 0.25) is 0 Å². The number of nitrogens with zero attached hydrogens (tertiary/aromatic N) is 1. The second-order valence-electron chi connectivity index (χ2n) is 5.45. The van der Waals surface area contributed by atoms with Gasteiger partial charge in [0, 0.05) is 16.6 Å². The van der Waals surface area contributed by atoms with E-state index < -0.39 is 0 Å². The molecule has 1 aromatic heterocycles. The third-order valence-corrected chi connectivity index (χ3v) is 4.09. The first kappa shape index (κ1) is 13.0. The molecule has 0 bridgehead atoms. The van der Waals surface area contributed by atoms with Gasteiger partial charge in [-0.2, -0.15) is 0 Å². The highest BCUT2D eigenvalue weighted by Gasteiger charge is 2.27. The van der Waals surface area contributed by atoms with Crippen molar-refractivity contribution in [2.75, 3.05) is 0 Å². The molecular formula is C16H22N2. The van der Waals surface area contributed by atoms with Crippen molar-refractivity contribution in [3.8, 4) is 0 Å². The lowest BCUT2D eigenvalue weighted by Gasteiger charge is -2.31. The molecule has 1 heterocycles. The third-order valence-electron chi connectivity index (χ3n) is 4.09. The molecule has 2 atom stereocenters. The van der Waals surface area contributed by atoms with Gasteiger partial charge in [-0.05, 0) is 43.5 Å². The van der Waals surface area contributed by atoms with Gasteiger partial charge < -0.3 is 5.73 Å². The number of hydrogen-bond acceptors (Lipinski definition) is 2. The van der Waals surface area contributed by atoms with Gasteiger partial charge in [0.15, 0.2) is 0 Å². The van der Waals surface area contributed by atoms with Crippen molar-refractivity contribution in [1.29, 1.82) is 0 Å². The molecule has 2 unspecified atom stereocenters. The first-order chi connectivity index (χ1) is 8.45. The zero-order chi connectivity index (χ0) is 13.3. The summed E-state index contributed by atoms with van der Waals surface area (Å²) in [6, 6.07) is 10.5. The quantitative estimate of drug-likeness (QED) is 0.890. The van der Waals surface area contributed by atoms with Gasteiger partial charge in [0.25, 0.3) is 0 Å². The molecule has 18 heavy (non-hydrogen) atoms. The van der Waals surface area contributed by atoms with Crippen LogP contribution in [0.3, 0.4) is 0 Å². The maximum atomic E-state index is 6.49. The van der Waals surface area contributed by atoms with E-state index in [4.69, 9.17) is 5.73 Å². The summed E-state index contributed by atoms with van der Waals surface area (Å²) in [5.41, 5.74) is 9.49. The van der Waals surface area contributed by atoms with Gasteiger partial charge in [-0.1, -0.05) is 32.4 Å². The Bertz CT molecular complexity index is 558. The fraction of sp³-hybridized carbons (Fsp3) is 0.438. The van der Waals surface area contributed by atoms with Crippen molar-refractivity contribution in [3.05, 3.63) is 41.6 Å². The van der Waals surface area contributed by atoms with Crippen LogP contribution < -0.4 is 5.73 Å². The van der Waals surface area contributed by atoms with Crippen molar-refractivity contribution in [1.82, 2.24) is 4.98 Å². The average molecular weight is 242 g/mol. The van der Waals surface area contributed by atoms with Crippen molar-refractivity contribution < 1.29 is 0 Å². The van der Waals surface area contributed by atoms with Gasteiger partial charge in [-0.3, -0.25) is 4.98 Å². The zero-order valence-electron chi connectivity index (χ0n) is 11.7. The fourth-order valence-electron chi connectivity index (χ4n) is 2.27.